The van der Waals surface area contributed by atoms with Crippen molar-refractivity contribution in [1.82, 2.24) is 12.3 Å². The monoisotopic (exact) mass is 394 g/mol. The zero-order valence-corrected chi connectivity index (χ0v) is 11.7. The van der Waals surface area contributed by atoms with Crippen molar-refractivity contribution in [3.8, 4) is 0 Å². The van der Waals surface area contributed by atoms with Gasteiger partial charge >= 0.3 is 37.9 Å². The fourth-order valence-corrected chi connectivity index (χ4v) is 0. The number of rotatable bonds is 0. The van der Waals surface area contributed by atoms with Gasteiger partial charge in [0, 0.05) is 0 Å². The average Bonchev–Trinajstić information content (AvgIpc) is 1.12. The molecule has 0 amide bonds. The summed E-state index contributed by atoms with van der Waals surface area (Å²) in [6.07, 6.45) is 0. The first-order chi connectivity index (χ1) is 4.00. The molecule has 0 fully saturated rings. The van der Waals surface area contributed by atoms with E-state index >= 15 is 0 Å². The van der Waals surface area contributed by atoms with Crippen molar-refractivity contribution in [2.45, 2.75) is 0 Å². The van der Waals surface area contributed by atoms with E-state index in [4.69, 9.17) is 35.0 Å². The molecule has 0 radical (unpaired) electrons. The van der Waals surface area contributed by atoms with Gasteiger partial charge in [0.2, 0.25) is 0 Å². The second-order valence-corrected chi connectivity index (χ2v) is 2.69. The maximum atomic E-state index is 8.74. The van der Waals surface area contributed by atoms with Crippen LogP contribution in [-0.2, 0) is 37.9 Å². The van der Waals surface area contributed by atoms with Crippen LogP contribution in [0.2, 0.25) is 0 Å². The van der Waals surface area contributed by atoms with Crippen molar-refractivity contribution in [2.24, 2.45) is 0 Å². The molecule has 0 aromatic heterocycles. The standard InChI is InChI=1S/Fe.2H3N.2H2O4S.6H2O/c;;;2*1-5(2,3)4;;;;;;/h;2*1H3;2*(H2,1,2,3,4);6*1H2/q+2;;;;;;;;;;. The summed E-state index contributed by atoms with van der Waals surface area (Å²) in [7, 11) is -9.33. The van der Waals surface area contributed by atoms with E-state index < -0.39 is 20.8 Å². The van der Waals surface area contributed by atoms with Gasteiger partial charge in [-0.05, 0) is 0 Å². The summed E-state index contributed by atoms with van der Waals surface area (Å²) < 4.78 is 63.2. The molecule has 22 N–H and O–H groups in total. The molecule has 0 heterocycles. The summed E-state index contributed by atoms with van der Waals surface area (Å²) in [5.41, 5.74) is 0. The Labute approximate surface area is 118 Å². The van der Waals surface area contributed by atoms with Gasteiger partial charge < -0.3 is 45.2 Å². The van der Waals surface area contributed by atoms with Gasteiger partial charge in [0.1, 0.15) is 0 Å². The van der Waals surface area contributed by atoms with Gasteiger partial charge in [-0.1, -0.05) is 0 Å². The molecule has 0 aliphatic heterocycles. The summed E-state index contributed by atoms with van der Waals surface area (Å²) in [5.74, 6) is 0. The molecule has 19 heavy (non-hydrogen) atoms. The van der Waals surface area contributed by atoms with Crippen molar-refractivity contribution >= 4 is 20.8 Å². The molecule has 0 aromatic carbocycles. The molecular formula is H22FeN2O14S2+2. The maximum Gasteiger partial charge on any atom is 2.00 e. The fraction of sp³-hybridized carbons (Fsp3) is 0. The summed E-state index contributed by atoms with van der Waals surface area (Å²) >= 11 is 0. The van der Waals surface area contributed by atoms with E-state index in [-0.39, 0.29) is 62.2 Å². The first-order valence-corrected chi connectivity index (χ1v) is 4.19. The minimum Gasteiger partial charge on any atom is -0.412 e. The van der Waals surface area contributed by atoms with Crippen LogP contribution < -0.4 is 12.3 Å². The molecule has 0 aromatic rings. The second-order valence-electron chi connectivity index (χ2n) is 0.896. The third kappa shape index (κ3) is 1240000. The van der Waals surface area contributed by atoms with Crippen LogP contribution in [0.25, 0.3) is 0 Å². The van der Waals surface area contributed by atoms with Crippen LogP contribution in [0.1, 0.15) is 0 Å². The Kier molecular flexibility index (Phi) is 184. The van der Waals surface area contributed by atoms with E-state index in [1.165, 1.54) is 0 Å². The van der Waals surface area contributed by atoms with Crippen molar-refractivity contribution in [1.29, 1.82) is 0 Å². The van der Waals surface area contributed by atoms with Crippen LogP contribution in [-0.4, -0.2) is 67.9 Å². The Morgan fingerprint density at radius 1 is 0.474 bits per heavy atom. The van der Waals surface area contributed by atoms with Crippen molar-refractivity contribution in [3.05, 3.63) is 0 Å². The molecule has 19 heteroatoms. The Bertz CT molecular complexity index is 220. The topological polar surface area (TPSA) is 408 Å². The van der Waals surface area contributed by atoms with E-state index in [0.717, 1.165) is 0 Å². The Morgan fingerprint density at radius 2 is 0.474 bits per heavy atom. The SMILES string of the molecule is N.N.O.O.O.O.O.O.O=S(=O)(O)O.O=S(=O)(O)O.[Fe+2]. The van der Waals surface area contributed by atoms with Gasteiger partial charge in [-0.3, -0.25) is 18.2 Å². The predicted octanol–water partition coefficient (Wildman–Crippen LogP) is -5.93. The Balaban J connectivity index is -0.00000000508. The van der Waals surface area contributed by atoms with Crippen molar-refractivity contribution < 1.29 is 85.0 Å². The molecule has 0 aliphatic carbocycles. The zero-order valence-electron chi connectivity index (χ0n) is 9.01. The van der Waals surface area contributed by atoms with Crippen LogP contribution in [0, 0.1) is 0 Å². The van der Waals surface area contributed by atoms with Gasteiger partial charge in [0.15, 0.2) is 0 Å². The largest absolute Gasteiger partial charge is 2.00 e. The molecule has 0 aliphatic rings. The molecule has 0 unspecified atom stereocenters. The smallest absolute Gasteiger partial charge is 0.412 e. The summed E-state index contributed by atoms with van der Waals surface area (Å²) in [6.45, 7) is 0. The molecule has 16 nitrogen and oxygen atoms in total. The maximum absolute atomic E-state index is 8.74. The van der Waals surface area contributed by atoms with Crippen LogP contribution >= 0.6 is 0 Å². The minimum atomic E-state index is -4.67. The first-order valence-electron chi connectivity index (χ1n) is 1.40. The molecular weight excluding hydrogens is 372 g/mol. The normalized spacial score (nSPS) is 6.11. The summed E-state index contributed by atoms with van der Waals surface area (Å²) in [4.78, 5) is 0. The van der Waals surface area contributed by atoms with Gasteiger partial charge in [-0.15, -0.1) is 0 Å². The third-order valence-corrected chi connectivity index (χ3v) is 0. The molecule has 0 saturated carbocycles. The first kappa shape index (κ1) is 96.7. The van der Waals surface area contributed by atoms with Gasteiger partial charge in [-0.25, -0.2) is 0 Å². The van der Waals surface area contributed by atoms with Crippen molar-refractivity contribution in [3.63, 3.8) is 0 Å². The Hall–Kier alpha value is -0.0605. The molecule has 134 valence electrons. The van der Waals surface area contributed by atoms with Crippen LogP contribution in [0.15, 0.2) is 0 Å². The van der Waals surface area contributed by atoms with E-state index in [0.29, 0.717) is 0 Å². The minimum absolute atomic E-state index is 0. The third-order valence-electron chi connectivity index (χ3n) is 0. The van der Waals surface area contributed by atoms with Gasteiger partial charge in [0.05, 0.1) is 0 Å². The molecule has 0 rings (SSSR count). The summed E-state index contributed by atoms with van der Waals surface area (Å²) in [6, 6.07) is 0. The van der Waals surface area contributed by atoms with Crippen LogP contribution in [0.5, 0.6) is 0 Å². The van der Waals surface area contributed by atoms with Gasteiger partial charge in [-0.2, -0.15) is 16.8 Å². The molecule has 0 spiro atoms. The summed E-state index contributed by atoms with van der Waals surface area (Å²) in [5, 5.41) is 0. The number of hydrogen-bond donors (Lipinski definition) is 6. The zero-order chi connectivity index (χ0) is 9.00. The van der Waals surface area contributed by atoms with E-state index in [9.17, 15) is 0 Å². The van der Waals surface area contributed by atoms with E-state index in [1.807, 2.05) is 0 Å². The average molecular weight is 394 g/mol. The molecule has 0 atom stereocenters. The number of hydrogen-bond acceptors (Lipinski definition) is 6. The predicted molar refractivity (Wildman–Crippen MR) is 60.1 cm³/mol. The molecule has 0 saturated heterocycles. The Morgan fingerprint density at radius 3 is 0.474 bits per heavy atom. The van der Waals surface area contributed by atoms with E-state index in [1.54, 1.807) is 0 Å². The molecule has 0 bridgehead atoms. The van der Waals surface area contributed by atoms with Crippen molar-refractivity contribution in [2.75, 3.05) is 0 Å². The van der Waals surface area contributed by atoms with E-state index in [2.05, 4.69) is 0 Å². The van der Waals surface area contributed by atoms with Crippen LogP contribution in [0.4, 0.5) is 0 Å². The second kappa shape index (κ2) is 36.1. The quantitative estimate of drug-likeness (QED) is 0.167. The van der Waals surface area contributed by atoms with Crippen LogP contribution in [0.3, 0.4) is 0 Å². The van der Waals surface area contributed by atoms with Gasteiger partial charge in [0.25, 0.3) is 0 Å². The fourth-order valence-electron chi connectivity index (χ4n) is 0.